The van der Waals surface area contributed by atoms with Crippen LogP contribution in [-0.4, -0.2) is 66.0 Å². The molecule has 264 valence electrons. The van der Waals surface area contributed by atoms with Crippen LogP contribution in [0, 0.1) is 17.8 Å². The second-order valence-corrected chi connectivity index (χ2v) is 13.5. The first-order chi connectivity index (χ1) is 23.3. The number of aromatic nitrogens is 1. The van der Waals surface area contributed by atoms with E-state index in [1.165, 1.54) is 7.11 Å². The van der Waals surface area contributed by atoms with Crippen LogP contribution >= 0.6 is 0 Å². The second-order valence-electron chi connectivity index (χ2n) is 13.5. The number of hydrogen-bond donors (Lipinski definition) is 5. The summed E-state index contributed by atoms with van der Waals surface area (Å²) in [7, 11) is 1.26. The van der Waals surface area contributed by atoms with Crippen molar-refractivity contribution < 1.29 is 33.4 Å². The van der Waals surface area contributed by atoms with Gasteiger partial charge in [0.2, 0.25) is 17.7 Å². The van der Waals surface area contributed by atoms with Gasteiger partial charge in [-0.1, -0.05) is 90.4 Å². The van der Waals surface area contributed by atoms with Gasteiger partial charge in [-0.25, -0.2) is 9.59 Å². The number of rotatable bonds is 8. The predicted octanol–water partition coefficient (Wildman–Crippen LogP) is 4.09. The summed E-state index contributed by atoms with van der Waals surface area (Å²) in [6.45, 7) is 11.2. The van der Waals surface area contributed by atoms with Crippen molar-refractivity contribution in [1.82, 2.24) is 26.3 Å². The van der Waals surface area contributed by atoms with Crippen molar-refractivity contribution in [3.63, 3.8) is 0 Å². The molecule has 0 saturated heterocycles. The molecule has 0 saturated carbocycles. The Morgan fingerprint density at radius 2 is 1.55 bits per heavy atom. The molecule has 6 atom stereocenters. The van der Waals surface area contributed by atoms with E-state index in [9.17, 15) is 24.0 Å². The first-order valence-electron chi connectivity index (χ1n) is 16.9. The molecule has 3 heterocycles. The van der Waals surface area contributed by atoms with Gasteiger partial charge in [-0.2, -0.15) is 0 Å². The monoisotopic (exact) mass is 675 g/mol. The maximum Gasteiger partial charge on any atom is 0.408 e. The quantitative estimate of drug-likeness (QED) is 0.177. The maximum absolute atomic E-state index is 14.3. The Morgan fingerprint density at radius 1 is 0.878 bits per heavy atom. The van der Waals surface area contributed by atoms with Crippen molar-refractivity contribution in [1.29, 1.82) is 0 Å². The molecule has 4 amide bonds. The van der Waals surface area contributed by atoms with Crippen molar-refractivity contribution in [2.24, 2.45) is 17.8 Å². The van der Waals surface area contributed by atoms with Gasteiger partial charge in [-0.05, 0) is 40.5 Å². The Labute approximate surface area is 287 Å². The van der Waals surface area contributed by atoms with Gasteiger partial charge in [-0.3, -0.25) is 14.4 Å². The highest BCUT2D eigenvalue weighted by Crippen LogP contribution is 2.32. The SMILES string of the molecule is CCC(C)[C@@H]1NC(=O)[C@H](NC(=O)OCc2ccccc2)[C@@H](C(C)C)c2ccc3c(c[nH]c3c2)C[C@@H](C(=O)OC)NC(=O)[C@H](C(C)C)NC1=O. The van der Waals surface area contributed by atoms with Gasteiger partial charge in [0, 0.05) is 29.4 Å². The van der Waals surface area contributed by atoms with Gasteiger partial charge in [-0.15, -0.1) is 0 Å². The number of hydrogen-bond acceptors (Lipinski definition) is 7. The van der Waals surface area contributed by atoms with E-state index in [4.69, 9.17) is 9.47 Å². The highest BCUT2D eigenvalue weighted by Gasteiger charge is 2.39. The fourth-order valence-electron chi connectivity index (χ4n) is 6.29. The zero-order valence-corrected chi connectivity index (χ0v) is 29.3. The average molecular weight is 676 g/mol. The lowest BCUT2D eigenvalue weighted by molar-refractivity contribution is -0.145. The minimum absolute atomic E-state index is 0.00763. The van der Waals surface area contributed by atoms with Gasteiger partial charge in [0.05, 0.1) is 7.11 Å². The standard InChI is InChI=1S/C37H49N5O7/c1-8-22(6)31-34(44)40-30(21(4)5)33(43)39-28(36(46)48-7)17-25-18-38-27-16-24(14-15-26(25)27)29(20(2)3)32(35(45)41-31)42-37(47)49-19-23-12-10-9-11-13-23/h9-16,18,20-22,28-32,38H,8,17,19H2,1-7H3,(H,39,43)(H,40,44)(H,41,45)(H,42,47)/t22?,28-,29-,30-,31-,32+/m0/s1. The van der Waals surface area contributed by atoms with Crippen LogP contribution in [0.4, 0.5) is 4.79 Å². The largest absolute Gasteiger partial charge is 0.467 e. The Balaban J connectivity index is 1.82. The number of carbonyl (C=O) groups is 5. The van der Waals surface area contributed by atoms with Crippen molar-refractivity contribution in [3.8, 4) is 0 Å². The number of fused-ring (bicyclic) bond motifs is 12. The van der Waals surface area contributed by atoms with Gasteiger partial charge >= 0.3 is 12.1 Å². The van der Waals surface area contributed by atoms with Crippen LogP contribution in [0.25, 0.3) is 10.9 Å². The van der Waals surface area contributed by atoms with Crippen LogP contribution in [0.2, 0.25) is 0 Å². The predicted molar refractivity (Wildman–Crippen MR) is 185 cm³/mol. The number of aromatic amines is 1. The summed E-state index contributed by atoms with van der Waals surface area (Å²) in [5.74, 6) is -3.67. The third-order valence-corrected chi connectivity index (χ3v) is 9.29. The fraction of sp³-hybridized carbons (Fsp3) is 0.486. The lowest BCUT2D eigenvalue weighted by Crippen LogP contribution is -2.61. The lowest BCUT2D eigenvalue weighted by Gasteiger charge is -2.33. The van der Waals surface area contributed by atoms with Crippen LogP contribution < -0.4 is 21.3 Å². The van der Waals surface area contributed by atoms with Crippen LogP contribution in [-0.2, 0) is 41.7 Å². The highest BCUT2D eigenvalue weighted by atomic mass is 16.5. The van der Waals surface area contributed by atoms with E-state index in [0.29, 0.717) is 6.42 Å². The van der Waals surface area contributed by atoms with Gasteiger partial charge < -0.3 is 35.7 Å². The summed E-state index contributed by atoms with van der Waals surface area (Å²) >= 11 is 0. The molecule has 2 aliphatic rings. The molecule has 0 fully saturated rings. The average Bonchev–Trinajstić information content (AvgIpc) is 3.48. The number of nitrogens with one attached hydrogen (secondary N) is 5. The first-order valence-corrected chi connectivity index (χ1v) is 16.9. The Hall–Kier alpha value is -4.87. The van der Waals surface area contributed by atoms with E-state index in [2.05, 4.69) is 26.3 Å². The molecule has 12 nitrogen and oxygen atoms in total. The zero-order chi connectivity index (χ0) is 35.8. The van der Waals surface area contributed by atoms with E-state index in [1.54, 1.807) is 20.0 Å². The third kappa shape index (κ3) is 8.98. The number of methoxy groups -OCH3 is 1. The molecule has 0 aliphatic carbocycles. The Kier molecular flexibility index (Phi) is 12.4. The number of H-pyrrole nitrogens is 1. The molecule has 2 aromatic carbocycles. The Morgan fingerprint density at radius 3 is 2.18 bits per heavy atom. The third-order valence-electron chi connectivity index (χ3n) is 9.29. The molecule has 3 aromatic rings. The second kappa shape index (κ2) is 16.5. The summed E-state index contributed by atoms with van der Waals surface area (Å²) in [5, 5.41) is 12.2. The van der Waals surface area contributed by atoms with Crippen LogP contribution in [0.15, 0.2) is 54.7 Å². The van der Waals surface area contributed by atoms with Gasteiger partial charge in [0.15, 0.2) is 0 Å². The van der Waals surface area contributed by atoms with E-state index in [1.807, 2.05) is 76.2 Å². The van der Waals surface area contributed by atoms with Crippen molar-refractivity contribution in [2.45, 2.75) is 91.1 Å². The maximum atomic E-state index is 14.3. The molecule has 0 radical (unpaired) electrons. The lowest BCUT2D eigenvalue weighted by atomic mass is 9.81. The Bertz CT molecular complexity index is 1640. The van der Waals surface area contributed by atoms with Crippen molar-refractivity contribution in [2.75, 3.05) is 7.11 Å². The fourth-order valence-corrected chi connectivity index (χ4v) is 6.29. The number of ether oxygens (including phenoxy) is 2. The van der Waals surface area contributed by atoms with E-state index >= 15 is 0 Å². The zero-order valence-electron chi connectivity index (χ0n) is 29.3. The number of carbonyl (C=O) groups excluding carboxylic acids is 5. The first kappa shape index (κ1) is 37.0. The minimum Gasteiger partial charge on any atom is -0.467 e. The van der Waals surface area contributed by atoms with Crippen LogP contribution in [0.1, 0.15) is 70.6 Å². The van der Waals surface area contributed by atoms with Gasteiger partial charge in [0.1, 0.15) is 30.8 Å². The summed E-state index contributed by atoms with van der Waals surface area (Å²) in [5.41, 5.74) is 3.07. The molecule has 1 unspecified atom stereocenters. The van der Waals surface area contributed by atoms with E-state index in [-0.39, 0.29) is 30.8 Å². The number of benzene rings is 2. The molecule has 4 bridgehead atoms. The molecule has 0 spiro atoms. The van der Waals surface area contributed by atoms with E-state index in [0.717, 1.165) is 27.6 Å². The van der Waals surface area contributed by atoms with Crippen molar-refractivity contribution in [3.05, 3.63) is 71.4 Å². The molecule has 12 heteroatoms. The number of alkyl carbamates (subject to hydrolysis) is 1. The van der Waals surface area contributed by atoms with Crippen molar-refractivity contribution >= 4 is 40.7 Å². The number of amides is 4. The summed E-state index contributed by atoms with van der Waals surface area (Å²) in [4.78, 5) is 71.4. The highest BCUT2D eigenvalue weighted by molar-refractivity contribution is 5.96. The summed E-state index contributed by atoms with van der Waals surface area (Å²) in [6.07, 6.45) is 1.67. The molecule has 5 rings (SSSR count). The summed E-state index contributed by atoms with van der Waals surface area (Å²) < 4.78 is 10.6. The molecule has 2 aliphatic heterocycles. The molecule has 1 aromatic heterocycles. The minimum atomic E-state index is -1.13. The topological polar surface area (TPSA) is 168 Å². The van der Waals surface area contributed by atoms with Crippen LogP contribution in [0.3, 0.4) is 0 Å². The normalized spacial score (nSPS) is 22.7. The molecular formula is C37H49N5O7. The summed E-state index contributed by atoms with van der Waals surface area (Å²) in [6, 6.07) is 10.7. The molecule has 5 N–H and O–H groups in total. The molecular weight excluding hydrogens is 626 g/mol. The smallest absolute Gasteiger partial charge is 0.408 e. The number of esters is 1. The van der Waals surface area contributed by atoms with Gasteiger partial charge in [0.25, 0.3) is 0 Å². The van der Waals surface area contributed by atoms with Crippen LogP contribution in [0.5, 0.6) is 0 Å². The van der Waals surface area contributed by atoms with E-state index < -0.39 is 59.9 Å². The molecule has 49 heavy (non-hydrogen) atoms.